The van der Waals surface area contributed by atoms with Crippen LogP contribution in [0.25, 0.3) is 11.3 Å². The number of anilines is 1. The van der Waals surface area contributed by atoms with Crippen molar-refractivity contribution in [2.75, 3.05) is 19.4 Å². The molecule has 0 unspecified atom stereocenters. The average Bonchev–Trinajstić information content (AvgIpc) is 3.12. The van der Waals surface area contributed by atoms with Gasteiger partial charge < -0.3 is 0 Å². The number of sulfonamides is 1. The van der Waals surface area contributed by atoms with Crippen LogP contribution in [-0.4, -0.2) is 47.5 Å². The van der Waals surface area contributed by atoms with Crippen molar-refractivity contribution in [2.24, 2.45) is 7.05 Å². The van der Waals surface area contributed by atoms with E-state index in [1.54, 1.807) is 17.5 Å². The Kier molecular flexibility index (Phi) is 5.40. The summed E-state index contributed by atoms with van der Waals surface area (Å²) in [5.41, 5.74) is 1.10. The fraction of sp³-hybridized carbons (Fsp3) is 0.176. The second-order valence-corrected chi connectivity index (χ2v) is 8.99. The first-order valence-electron chi connectivity index (χ1n) is 8.02. The van der Waals surface area contributed by atoms with Gasteiger partial charge in [0.25, 0.3) is 11.5 Å². The molecule has 9 nitrogen and oxygen atoms in total. The smallest absolute Gasteiger partial charge is 0.277 e. The normalized spacial score (nSPS) is 11.6. The molecule has 0 saturated heterocycles. The highest BCUT2D eigenvalue weighted by atomic mass is 32.2. The Labute approximate surface area is 165 Å². The van der Waals surface area contributed by atoms with Gasteiger partial charge in [0.1, 0.15) is 5.69 Å². The van der Waals surface area contributed by atoms with Gasteiger partial charge in [-0.3, -0.25) is 14.9 Å². The maximum absolute atomic E-state index is 12.2. The predicted molar refractivity (Wildman–Crippen MR) is 106 cm³/mol. The topological polar surface area (TPSA) is 114 Å². The number of carbonyl (C=O) groups excluding carboxylic acids is 1. The maximum Gasteiger partial charge on any atom is 0.277 e. The Hall–Kier alpha value is -2.89. The number of hydrogen-bond acceptors (Lipinski definition) is 7. The number of benzene rings is 1. The fourth-order valence-electron chi connectivity index (χ4n) is 2.26. The van der Waals surface area contributed by atoms with Crippen molar-refractivity contribution in [3.05, 3.63) is 57.8 Å². The second kappa shape index (κ2) is 7.62. The van der Waals surface area contributed by atoms with Gasteiger partial charge in [-0.05, 0) is 18.2 Å². The van der Waals surface area contributed by atoms with Gasteiger partial charge in [-0.15, -0.1) is 11.3 Å². The number of nitrogens with zero attached hydrogens (tertiary/aromatic N) is 4. The molecule has 28 heavy (non-hydrogen) atoms. The average molecular weight is 419 g/mol. The van der Waals surface area contributed by atoms with Gasteiger partial charge in [-0.25, -0.2) is 22.4 Å². The summed E-state index contributed by atoms with van der Waals surface area (Å²) in [6.45, 7) is 0. The molecule has 2 aromatic heterocycles. The van der Waals surface area contributed by atoms with Crippen LogP contribution in [0.5, 0.6) is 0 Å². The van der Waals surface area contributed by atoms with Crippen molar-refractivity contribution in [1.29, 1.82) is 0 Å². The second-order valence-electron chi connectivity index (χ2n) is 5.98. The third-order valence-corrected chi connectivity index (χ3v) is 6.43. The predicted octanol–water partition coefficient (Wildman–Crippen LogP) is 1.41. The first-order chi connectivity index (χ1) is 13.2. The highest BCUT2D eigenvalue weighted by Crippen LogP contribution is 2.26. The first-order valence-corrected chi connectivity index (χ1v) is 10.3. The number of carbonyl (C=O) groups is 1. The molecule has 1 aromatic carbocycles. The van der Waals surface area contributed by atoms with Gasteiger partial charge in [0, 0.05) is 38.2 Å². The third kappa shape index (κ3) is 4.01. The van der Waals surface area contributed by atoms with E-state index >= 15 is 0 Å². The molecule has 2 heterocycles. The van der Waals surface area contributed by atoms with Gasteiger partial charge in [0.2, 0.25) is 10.0 Å². The van der Waals surface area contributed by atoms with Crippen LogP contribution in [0.3, 0.4) is 0 Å². The molecule has 0 bridgehead atoms. The summed E-state index contributed by atoms with van der Waals surface area (Å²) >= 11 is 1.22. The zero-order valence-corrected chi connectivity index (χ0v) is 16.9. The van der Waals surface area contributed by atoms with Crippen LogP contribution in [-0.2, 0) is 17.1 Å². The van der Waals surface area contributed by atoms with Crippen LogP contribution in [0.1, 0.15) is 10.5 Å². The van der Waals surface area contributed by atoms with Crippen LogP contribution in [0.4, 0.5) is 5.13 Å². The Morgan fingerprint density at radius 3 is 2.43 bits per heavy atom. The van der Waals surface area contributed by atoms with Gasteiger partial charge in [-0.1, -0.05) is 12.1 Å². The van der Waals surface area contributed by atoms with E-state index in [9.17, 15) is 18.0 Å². The van der Waals surface area contributed by atoms with Gasteiger partial charge in [-0.2, -0.15) is 5.10 Å². The molecule has 0 radical (unpaired) electrons. The standard InChI is InChI=1S/C17H17N5O4S2/c1-21(2)28(25,26)12-6-4-11(5-7-12)14-10-27-17(18-14)19-16(24)13-8-9-15(23)22(3)20-13/h4-10H,1-3H3,(H,18,19,24). The van der Waals surface area contributed by atoms with Crippen LogP contribution in [0.2, 0.25) is 0 Å². The number of nitrogens with one attached hydrogen (secondary N) is 1. The molecule has 1 N–H and O–H groups in total. The van der Waals surface area contributed by atoms with E-state index in [1.807, 2.05) is 0 Å². The number of thiazole rings is 1. The van der Waals surface area contributed by atoms with E-state index < -0.39 is 15.9 Å². The quantitative estimate of drug-likeness (QED) is 0.669. The molecule has 146 valence electrons. The largest absolute Gasteiger partial charge is 0.296 e. The molecule has 0 fully saturated rings. The zero-order valence-electron chi connectivity index (χ0n) is 15.3. The molecule has 0 aliphatic rings. The molecule has 3 rings (SSSR count). The lowest BCUT2D eigenvalue weighted by atomic mass is 10.2. The summed E-state index contributed by atoms with van der Waals surface area (Å²) in [6, 6.07) is 8.94. The van der Waals surface area contributed by atoms with Gasteiger partial charge in [0.05, 0.1) is 10.6 Å². The Balaban J connectivity index is 1.77. The summed E-state index contributed by atoms with van der Waals surface area (Å²) in [4.78, 5) is 28.1. The molecule has 3 aromatic rings. The lowest BCUT2D eigenvalue weighted by Crippen LogP contribution is -2.23. The molecule has 0 spiro atoms. The van der Waals surface area contributed by atoms with E-state index in [0.717, 1.165) is 14.6 Å². The van der Waals surface area contributed by atoms with E-state index in [2.05, 4.69) is 15.4 Å². The molecule has 11 heteroatoms. The minimum Gasteiger partial charge on any atom is -0.296 e. The van der Waals surface area contributed by atoms with Gasteiger partial charge in [0.15, 0.2) is 5.13 Å². The number of aryl methyl sites for hydroxylation is 1. The van der Waals surface area contributed by atoms with Crippen LogP contribution in [0, 0.1) is 0 Å². The van der Waals surface area contributed by atoms with Crippen molar-refractivity contribution in [2.45, 2.75) is 4.90 Å². The number of hydrogen-bond donors (Lipinski definition) is 1. The lowest BCUT2D eigenvalue weighted by Gasteiger charge is -2.11. The Morgan fingerprint density at radius 2 is 1.82 bits per heavy atom. The molecular formula is C17H17N5O4S2. The van der Waals surface area contributed by atoms with E-state index in [-0.39, 0.29) is 16.1 Å². The number of aromatic nitrogens is 3. The zero-order chi connectivity index (χ0) is 20.5. The van der Waals surface area contributed by atoms with E-state index in [4.69, 9.17) is 0 Å². The van der Waals surface area contributed by atoms with Crippen LogP contribution < -0.4 is 10.9 Å². The summed E-state index contributed by atoms with van der Waals surface area (Å²) in [7, 11) is 0.903. The SMILES string of the molecule is CN(C)S(=O)(=O)c1ccc(-c2csc(NC(=O)c3ccc(=O)n(C)n3)n2)cc1. The first kappa shape index (κ1) is 19.9. The fourth-order valence-corrected chi connectivity index (χ4v) is 3.87. The van der Waals surface area contributed by atoms with Crippen molar-refractivity contribution in [1.82, 2.24) is 19.1 Å². The van der Waals surface area contributed by atoms with E-state index in [1.165, 1.54) is 56.7 Å². The molecule has 1 amide bonds. The van der Waals surface area contributed by atoms with Crippen molar-refractivity contribution < 1.29 is 13.2 Å². The highest BCUT2D eigenvalue weighted by Gasteiger charge is 2.17. The van der Waals surface area contributed by atoms with Crippen molar-refractivity contribution >= 4 is 32.4 Å². The molecule has 0 aliphatic heterocycles. The monoisotopic (exact) mass is 419 g/mol. The minimum absolute atomic E-state index is 0.0945. The summed E-state index contributed by atoms with van der Waals surface area (Å²) in [6.07, 6.45) is 0. The lowest BCUT2D eigenvalue weighted by molar-refractivity contribution is 0.102. The van der Waals surface area contributed by atoms with Crippen molar-refractivity contribution in [3.8, 4) is 11.3 Å². The van der Waals surface area contributed by atoms with Gasteiger partial charge >= 0.3 is 0 Å². The summed E-state index contributed by atoms with van der Waals surface area (Å²) < 4.78 is 26.5. The molecule has 0 saturated carbocycles. The molecular weight excluding hydrogens is 402 g/mol. The number of amides is 1. The minimum atomic E-state index is -3.50. The summed E-state index contributed by atoms with van der Waals surface area (Å²) in [5.74, 6) is -0.482. The third-order valence-electron chi connectivity index (χ3n) is 3.85. The number of rotatable bonds is 5. The Morgan fingerprint density at radius 1 is 1.14 bits per heavy atom. The maximum atomic E-state index is 12.2. The summed E-state index contributed by atoms with van der Waals surface area (Å²) in [5, 5.41) is 8.63. The highest BCUT2D eigenvalue weighted by molar-refractivity contribution is 7.89. The van der Waals surface area contributed by atoms with Crippen LogP contribution >= 0.6 is 11.3 Å². The Bertz CT molecular complexity index is 1180. The van der Waals surface area contributed by atoms with E-state index in [0.29, 0.717) is 10.8 Å². The van der Waals surface area contributed by atoms with Crippen LogP contribution in [0.15, 0.2) is 51.5 Å². The van der Waals surface area contributed by atoms with Crippen molar-refractivity contribution in [3.63, 3.8) is 0 Å². The molecule has 0 atom stereocenters. The molecule has 0 aliphatic carbocycles.